The number of benzene rings is 2. The molecule has 0 saturated heterocycles. The number of aromatic hydroxyl groups is 1. The molecule has 0 radical (unpaired) electrons. The molecule has 0 aliphatic carbocycles. The first-order chi connectivity index (χ1) is 7.60. The number of hydrogen-bond donors (Lipinski definition) is 1. The largest absolute Gasteiger partial charge is 0.508 e. The lowest BCUT2D eigenvalue weighted by atomic mass is 10.3. The molecule has 2 aromatic rings. The lowest BCUT2D eigenvalue weighted by Gasteiger charge is -2.23. The highest BCUT2D eigenvalue weighted by atomic mass is 28.3. The van der Waals surface area contributed by atoms with Gasteiger partial charge >= 0.3 is 0 Å². The molecular weight excluding hydrogens is 212 g/mol. The highest BCUT2D eigenvalue weighted by molar-refractivity contribution is 7.00. The second kappa shape index (κ2) is 4.14. The Morgan fingerprint density at radius 3 is 1.81 bits per heavy atom. The molecule has 2 heteroatoms. The van der Waals surface area contributed by atoms with Crippen LogP contribution in [0.1, 0.15) is 0 Å². The van der Waals surface area contributed by atoms with E-state index in [1.165, 1.54) is 10.4 Å². The van der Waals surface area contributed by atoms with Crippen LogP contribution in [0.5, 0.6) is 5.75 Å². The first kappa shape index (κ1) is 11.0. The van der Waals surface area contributed by atoms with E-state index in [-0.39, 0.29) is 0 Å². The lowest BCUT2D eigenvalue weighted by Crippen LogP contribution is -2.52. The molecular formula is C14H16OSi. The molecule has 0 unspecified atom stereocenters. The third kappa shape index (κ3) is 2.02. The maximum Gasteiger partial charge on any atom is 0.115 e. The van der Waals surface area contributed by atoms with Crippen LogP contribution in [0.15, 0.2) is 54.6 Å². The van der Waals surface area contributed by atoms with Gasteiger partial charge in [-0.25, -0.2) is 0 Å². The zero-order valence-corrected chi connectivity index (χ0v) is 10.6. The minimum atomic E-state index is -1.59. The van der Waals surface area contributed by atoms with Gasteiger partial charge in [-0.3, -0.25) is 0 Å². The van der Waals surface area contributed by atoms with Crippen LogP contribution in [-0.4, -0.2) is 13.2 Å². The Hall–Kier alpha value is -1.54. The van der Waals surface area contributed by atoms with Crippen LogP contribution < -0.4 is 10.4 Å². The van der Waals surface area contributed by atoms with Crippen molar-refractivity contribution in [1.82, 2.24) is 0 Å². The van der Waals surface area contributed by atoms with Gasteiger partial charge in [0.15, 0.2) is 0 Å². The topological polar surface area (TPSA) is 20.2 Å². The first-order valence-electron chi connectivity index (χ1n) is 5.46. The van der Waals surface area contributed by atoms with Crippen molar-refractivity contribution in [3.05, 3.63) is 54.6 Å². The van der Waals surface area contributed by atoms with Gasteiger partial charge in [-0.15, -0.1) is 0 Å². The summed E-state index contributed by atoms with van der Waals surface area (Å²) in [6.07, 6.45) is 0. The van der Waals surface area contributed by atoms with Gasteiger partial charge in [-0.05, 0) is 12.1 Å². The molecule has 1 N–H and O–H groups in total. The highest BCUT2D eigenvalue weighted by Crippen LogP contribution is 2.09. The average molecular weight is 228 g/mol. The van der Waals surface area contributed by atoms with Crippen molar-refractivity contribution in [3.63, 3.8) is 0 Å². The van der Waals surface area contributed by atoms with Crippen LogP contribution in [-0.2, 0) is 0 Å². The fourth-order valence-electron chi connectivity index (χ4n) is 1.90. The molecule has 0 heterocycles. The summed E-state index contributed by atoms with van der Waals surface area (Å²) in [5.41, 5.74) is 0. The van der Waals surface area contributed by atoms with E-state index in [9.17, 15) is 5.11 Å². The molecule has 0 aliphatic heterocycles. The molecule has 0 aromatic heterocycles. The fraction of sp³-hybridized carbons (Fsp3) is 0.143. The molecule has 2 aromatic carbocycles. The van der Waals surface area contributed by atoms with Crippen molar-refractivity contribution in [2.45, 2.75) is 13.1 Å². The third-order valence-corrected chi connectivity index (χ3v) is 6.64. The van der Waals surface area contributed by atoms with Crippen molar-refractivity contribution in [1.29, 1.82) is 0 Å². The molecule has 0 atom stereocenters. The SMILES string of the molecule is C[Si](C)(c1ccccc1)c1ccc(O)cc1. The molecule has 16 heavy (non-hydrogen) atoms. The fourth-order valence-corrected chi connectivity index (χ4v) is 4.26. The van der Waals surface area contributed by atoms with Gasteiger partial charge in [0.2, 0.25) is 0 Å². The molecule has 0 spiro atoms. The highest BCUT2D eigenvalue weighted by Gasteiger charge is 2.25. The Kier molecular flexibility index (Phi) is 2.84. The molecule has 2 rings (SSSR count). The van der Waals surface area contributed by atoms with Crippen LogP contribution in [0.3, 0.4) is 0 Å². The molecule has 0 amide bonds. The maximum atomic E-state index is 9.31. The molecule has 82 valence electrons. The summed E-state index contributed by atoms with van der Waals surface area (Å²) in [6, 6.07) is 18.2. The quantitative estimate of drug-likeness (QED) is 0.781. The van der Waals surface area contributed by atoms with Gasteiger partial charge in [-0.1, -0.05) is 65.9 Å². The second-order valence-electron chi connectivity index (χ2n) is 4.54. The van der Waals surface area contributed by atoms with E-state index in [1.807, 2.05) is 18.2 Å². The Morgan fingerprint density at radius 1 is 0.750 bits per heavy atom. The van der Waals surface area contributed by atoms with Gasteiger partial charge in [0.25, 0.3) is 0 Å². The van der Waals surface area contributed by atoms with Crippen LogP contribution in [0, 0.1) is 0 Å². The van der Waals surface area contributed by atoms with E-state index < -0.39 is 8.07 Å². The van der Waals surface area contributed by atoms with Gasteiger partial charge in [-0.2, -0.15) is 0 Å². The van der Waals surface area contributed by atoms with Crippen LogP contribution in [0.2, 0.25) is 13.1 Å². The Labute approximate surface area is 97.4 Å². The van der Waals surface area contributed by atoms with Crippen molar-refractivity contribution in [2.75, 3.05) is 0 Å². The normalized spacial score (nSPS) is 11.4. The van der Waals surface area contributed by atoms with Gasteiger partial charge < -0.3 is 5.11 Å². The van der Waals surface area contributed by atoms with E-state index in [2.05, 4.69) is 37.4 Å². The minimum Gasteiger partial charge on any atom is -0.508 e. The standard InChI is InChI=1S/C14H16OSi/c1-16(2,13-6-4-3-5-7-13)14-10-8-12(15)9-11-14/h3-11,15H,1-2H3. The summed E-state index contributed by atoms with van der Waals surface area (Å²) in [5, 5.41) is 12.1. The Balaban J connectivity index is 2.43. The van der Waals surface area contributed by atoms with E-state index in [1.54, 1.807) is 12.1 Å². The monoisotopic (exact) mass is 228 g/mol. The summed E-state index contributed by atoms with van der Waals surface area (Å²) in [7, 11) is -1.59. The van der Waals surface area contributed by atoms with Crippen molar-refractivity contribution >= 4 is 18.4 Å². The van der Waals surface area contributed by atoms with Crippen molar-refractivity contribution in [3.8, 4) is 5.75 Å². The summed E-state index contributed by atoms with van der Waals surface area (Å²) in [4.78, 5) is 0. The minimum absolute atomic E-state index is 0.335. The maximum absolute atomic E-state index is 9.31. The number of phenols is 1. The van der Waals surface area contributed by atoms with E-state index >= 15 is 0 Å². The molecule has 0 aliphatic rings. The van der Waals surface area contributed by atoms with E-state index in [0.717, 1.165) is 0 Å². The summed E-state index contributed by atoms with van der Waals surface area (Å²) in [6.45, 7) is 4.66. The molecule has 0 bridgehead atoms. The zero-order valence-electron chi connectivity index (χ0n) is 9.64. The summed E-state index contributed by atoms with van der Waals surface area (Å²) in [5.74, 6) is 0.335. The Bertz CT molecular complexity index is 460. The van der Waals surface area contributed by atoms with Crippen LogP contribution in [0.4, 0.5) is 0 Å². The van der Waals surface area contributed by atoms with E-state index in [0.29, 0.717) is 5.75 Å². The zero-order chi connectivity index (χ0) is 11.6. The first-order valence-corrected chi connectivity index (χ1v) is 8.46. The van der Waals surface area contributed by atoms with Crippen molar-refractivity contribution in [2.24, 2.45) is 0 Å². The Morgan fingerprint density at radius 2 is 1.25 bits per heavy atom. The van der Waals surface area contributed by atoms with Crippen LogP contribution >= 0.6 is 0 Å². The average Bonchev–Trinajstić information content (AvgIpc) is 2.31. The molecule has 0 fully saturated rings. The van der Waals surface area contributed by atoms with Crippen LogP contribution in [0.25, 0.3) is 0 Å². The summed E-state index contributed by atoms with van der Waals surface area (Å²) >= 11 is 0. The number of phenolic OH excluding ortho intramolecular Hbond substituents is 1. The van der Waals surface area contributed by atoms with Gasteiger partial charge in [0, 0.05) is 0 Å². The van der Waals surface area contributed by atoms with Crippen molar-refractivity contribution < 1.29 is 5.11 Å². The lowest BCUT2D eigenvalue weighted by molar-refractivity contribution is 0.475. The predicted octanol–water partition coefficient (Wildman–Crippen LogP) is 2.21. The van der Waals surface area contributed by atoms with Gasteiger partial charge in [0.1, 0.15) is 13.8 Å². The number of hydrogen-bond acceptors (Lipinski definition) is 1. The van der Waals surface area contributed by atoms with Gasteiger partial charge in [0.05, 0.1) is 0 Å². The number of rotatable bonds is 2. The smallest absolute Gasteiger partial charge is 0.115 e. The molecule has 1 nitrogen and oxygen atoms in total. The second-order valence-corrected chi connectivity index (χ2v) is 8.94. The summed E-state index contributed by atoms with van der Waals surface area (Å²) < 4.78 is 0. The predicted molar refractivity (Wildman–Crippen MR) is 71.3 cm³/mol. The third-order valence-electron chi connectivity index (χ3n) is 3.08. The van der Waals surface area contributed by atoms with E-state index in [4.69, 9.17) is 0 Å². The molecule has 0 saturated carbocycles.